The number of aliphatic hydroxyl groups excluding tert-OH is 4. The van der Waals surface area contributed by atoms with Crippen LogP contribution in [-0.4, -0.2) is 162 Å². The molecule has 3 aliphatic rings. The van der Waals surface area contributed by atoms with Crippen LogP contribution in [0.2, 0.25) is 0 Å². The zero-order chi connectivity index (χ0) is 44.2. The Labute approximate surface area is 348 Å². The van der Waals surface area contributed by atoms with Crippen LogP contribution in [0, 0.1) is 11.8 Å². The van der Waals surface area contributed by atoms with E-state index in [1.807, 2.05) is 6.92 Å². The van der Waals surface area contributed by atoms with Crippen LogP contribution in [-0.2, 0) is 57.1 Å². The fraction of sp³-hybridized carbons (Fsp3) is 0.810. The van der Waals surface area contributed by atoms with Gasteiger partial charge in [-0.2, -0.15) is 0 Å². The summed E-state index contributed by atoms with van der Waals surface area (Å²) in [5.74, 6) is -2.98. The molecule has 0 amide bonds. The first kappa shape index (κ1) is 50.5. The third-order valence-corrected chi connectivity index (χ3v) is 11.1. The van der Waals surface area contributed by atoms with Gasteiger partial charge in [-0.25, -0.2) is 0 Å². The zero-order valence-electron chi connectivity index (χ0n) is 36.2. The first-order chi connectivity index (χ1) is 27.7. The Bertz CT molecular complexity index is 1410. The van der Waals surface area contributed by atoms with Crippen molar-refractivity contribution in [3.05, 3.63) is 24.3 Å². The largest absolute Gasteiger partial charge is 0.462 e. The lowest BCUT2D eigenvalue weighted by Gasteiger charge is -2.50. The Kier molecular flexibility index (Phi) is 20.0. The van der Waals surface area contributed by atoms with Crippen molar-refractivity contribution < 1.29 is 77.5 Å². The molecule has 59 heavy (non-hydrogen) atoms. The Morgan fingerprint density at radius 2 is 1.71 bits per heavy atom. The van der Waals surface area contributed by atoms with Crippen molar-refractivity contribution in [1.82, 2.24) is 4.90 Å². The lowest BCUT2D eigenvalue weighted by atomic mass is 9.82. The maximum absolute atomic E-state index is 12.9. The monoisotopic (exact) mass is 843 g/mol. The molecular weight excluding hydrogens is 774 g/mol. The molecule has 17 atom stereocenters. The van der Waals surface area contributed by atoms with Crippen LogP contribution >= 0.6 is 0 Å². The lowest BCUT2D eigenvalue weighted by molar-refractivity contribution is -0.344. The number of nitrogens with zero attached hydrogens (tertiary/aromatic N) is 1. The van der Waals surface area contributed by atoms with E-state index >= 15 is 0 Å². The number of aliphatic hydroxyl groups is 4. The lowest BCUT2D eigenvalue weighted by Crippen LogP contribution is -2.66. The Hall–Kier alpha value is -2.84. The summed E-state index contributed by atoms with van der Waals surface area (Å²) in [5.41, 5.74) is -1.39. The van der Waals surface area contributed by atoms with Crippen molar-refractivity contribution in [3.63, 3.8) is 0 Å². The summed E-state index contributed by atoms with van der Waals surface area (Å²) in [4.78, 5) is 52.2. The van der Waals surface area contributed by atoms with Crippen LogP contribution in [0.4, 0.5) is 0 Å². The number of methoxy groups -OCH3 is 1. The van der Waals surface area contributed by atoms with E-state index in [1.54, 1.807) is 77.9 Å². The molecule has 4 N–H and O–H groups in total. The minimum absolute atomic E-state index is 0.0571. The van der Waals surface area contributed by atoms with E-state index in [-0.39, 0.29) is 32.1 Å². The number of allylic oxidation sites excluding steroid dienone is 2. The minimum Gasteiger partial charge on any atom is -0.462 e. The third kappa shape index (κ3) is 14.4. The van der Waals surface area contributed by atoms with Crippen molar-refractivity contribution in [2.75, 3.05) is 21.2 Å². The second kappa shape index (κ2) is 23.4. The average molecular weight is 844 g/mol. The summed E-state index contributed by atoms with van der Waals surface area (Å²) in [6.45, 7) is 11.6. The van der Waals surface area contributed by atoms with Crippen molar-refractivity contribution >= 4 is 24.2 Å². The van der Waals surface area contributed by atoms with Gasteiger partial charge in [-0.15, -0.1) is 0 Å². The third-order valence-electron chi connectivity index (χ3n) is 11.1. The summed E-state index contributed by atoms with van der Waals surface area (Å²) in [7, 11) is 4.80. The molecule has 2 saturated heterocycles. The number of carbonyl (C=O) groups is 4. The molecule has 338 valence electrons. The predicted octanol–water partition coefficient (Wildman–Crippen LogP) is 2.13. The molecule has 0 aliphatic carbocycles. The topological polar surface area (TPSA) is 226 Å². The molecule has 0 bridgehead atoms. The number of hydrogen-bond acceptors (Lipinski definition) is 17. The first-order valence-electron chi connectivity index (χ1n) is 20.7. The van der Waals surface area contributed by atoms with Crippen molar-refractivity contribution in [2.24, 2.45) is 11.8 Å². The number of hydrogen-bond donors (Lipinski definition) is 4. The molecule has 0 spiro atoms. The van der Waals surface area contributed by atoms with Gasteiger partial charge in [0.2, 0.25) is 0 Å². The van der Waals surface area contributed by atoms with Gasteiger partial charge < -0.3 is 68.0 Å². The van der Waals surface area contributed by atoms with E-state index in [4.69, 9.17) is 37.9 Å². The Morgan fingerprint density at radius 1 is 1.02 bits per heavy atom. The van der Waals surface area contributed by atoms with Crippen LogP contribution in [0.5, 0.6) is 0 Å². The van der Waals surface area contributed by atoms with Gasteiger partial charge in [0.05, 0.1) is 55.5 Å². The number of esters is 3. The molecular formula is C42H69NO16. The molecule has 17 nitrogen and oxygen atoms in total. The first-order valence-corrected chi connectivity index (χ1v) is 20.7. The summed E-state index contributed by atoms with van der Waals surface area (Å²) in [6.07, 6.45) is -6.13. The summed E-state index contributed by atoms with van der Waals surface area (Å²) < 4.78 is 48.6. The minimum atomic E-state index is -1.46. The number of ether oxygens (including phenoxy) is 8. The number of carbonyl (C=O) groups excluding carboxylic acids is 4. The number of aldehydes is 1. The van der Waals surface area contributed by atoms with Gasteiger partial charge in [-0.1, -0.05) is 38.2 Å². The normalized spacial score (nSPS) is 40.7. The summed E-state index contributed by atoms with van der Waals surface area (Å²) in [6, 6.07) is -0.814. The predicted molar refractivity (Wildman–Crippen MR) is 211 cm³/mol. The van der Waals surface area contributed by atoms with E-state index < -0.39 is 128 Å². The van der Waals surface area contributed by atoms with E-state index in [0.717, 1.165) is 0 Å². The van der Waals surface area contributed by atoms with Crippen molar-refractivity contribution in [2.45, 2.75) is 185 Å². The SMILES string of the molecule is CCC(=O)O[C@]1(C)C[C@H](O[C@H]2[C@H](N(C)C)[C@@H](O)[C@H](O[C@H]3[C@@H](CC=O)C[C@@H](C)[C@@H](O)/C=C/C=C/C[C@@H](C)OC(=O)C[C@@H](O)[C@@H]3OC)O[C@@H]2C)O[C@@H](C)[C@@H]1OC(=O)CC(C)O. The van der Waals surface area contributed by atoms with Crippen LogP contribution in [0.15, 0.2) is 24.3 Å². The Balaban J connectivity index is 1.95. The van der Waals surface area contributed by atoms with E-state index in [1.165, 1.54) is 14.0 Å². The standard InChI is InChI=1S/C42H69NO16/c1-11-31(48)59-42(7)22-34(54-27(6)40(42)56-32(49)20-24(3)45)57-37-26(5)55-41(36(51)35(37)43(8)9)58-38-28(17-18-44)19-23(2)29(46)16-14-12-13-15-25(4)53-33(50)21-30(47)39(38)52-10/h12-14,16,18,23-30,34-41,45-47,51H,11,15,17,19-22H2,1-10H3/b13-12+,16-14+/t23-,24?,25-,26-,27+,28+,29+,30-,34+,35-,36-,37-,38+,39+,40+,41+,42-/m1/s1. The van der Waals surface area contributed by atoms with E-state index in [2.05, 4.69) is 0 Å². The van der Waals surface area contributed by atoms with Crippen molar-refractivity contribution in [1.29, 1.82) is 0 Å². The second-order valence-corrected chi connectivity index (χ2v) is 16.6. The highest BCUT2D eigenvalue weighted by Crippen LogP contribution is 2.39. The van der Waals surface area contributed by atoms with Gasteiger partial charge >= 0.3 is 17.9 Å². The van der Waals surface area contributed by atoms with Crippen molar-refractivity contribution in [3.8, 4) is 0 Å². The summed E-state index contributed by atoms with van der Waals surface area (Å²) >= 11 is 0. The molecule has 2 fully saturated rings. The molecule has 1 unspecified atom stereocenters. The molecule has 0 aromatic rings. The zero-order valence-corrected chi connectivity index (χ0v) is 36.2. The fourth-order valence-electron chi connectivity index (χ4n) is 8.10. The molecule has 0 radical (unpaired) electrons. The summed E-state index contributed by atoms with van der Waals surface area (Å²) in [5, 5.41) is 44.3. The smallest absolute Gasteiger partial charge is 0.308 e. The Morgan fingerprint density at radius 3 is 2.32 bits per heavy atom. The molecule has 17 heteroatoms. The molecule has 3 rings (SSSR count). The van der Waals surface area contributed by atoms with Gasteiger partial charge in [-0.3, -0.25) is 14.4 Å². The molecule has 3 aliphatic heterocycles. The van der Waals surface area contributed by atoms with E-state index in [9.17, 15) is 39.6 Å². The average Bonchev–Trinajstić information content (AvgIpc) is 3.13. The van der Waals surface area contributed by atoms with E-state index in [0.29, 0.717) is 12.7 Å². The molecule has 0 saturated carbocycles. The molecule has 0 aromatic heterocycles. The van der Waals surface area contributed by atoms with Crippen LogP contribution in [0.3, 0.4) is 0 Å². The van der Waals surface area contributed by atoms with Gasteiger partial charge in [-0.05, 0) is 67.0 Å². The number of rotatable bonds is 13. The number of cyclic esters (lactones) is 1. The van der Waals surface area contributed by atoms with Crippen LogP contribution in [0.1, 0.15) is 93.4 Å². The molecule has 0 aromatic carbocycles. The highest BCUT2D eigenvalue weighted by Gasteiger charge is 2.54. The van der Waals surface area contributed by atoms with Gasteiger partial charge in [0.1, 0.15) is 30.7 Å². The maximum Gasteiger partial charge on any atom is 0.308 e. The second-order valence-electron chi connectivity index (χ2n) is 16.6. The van der Waals surface area contributed by atoms with Crippen LogP contribution < -0.4 is 0 Å². The van der Waals surface area contributed by atoms with Crippen LogP contribution in [0.25, 0.3) is 0 Å². The highest BCUT2D eigenvalue weighted by molar-refractivity contribution is 5.71. The molecule has 3 heterocycles. The quantitative estimate of drug-likeness (QED) is 0.118. The van der Waals surface area contributed by atoms with Gasteiger partial charge in [0, 0.05) is 32.8 Å². The maximum atomic E-state index is 12.9. The fourth-order valence-corrected chi connectivity index (χ4v) is 8.10. The van der Waals surface area contributed by atoms with Gasteiger partial charge in [0.25, 0.3) is 0 Å². The number of likely N-dealkylation sites (N-methyl/N-ethyl adjacent to an activating group) is 1. The van der Waals surface area contributed by atoms with Gasteiger partial charge in [0.15, 0.2) is 24.3 Å². The highest BCUT2D eigenvalue weighted by atomic mass is 16.7.